The first-order valence-electron chi connectivity index (χ1n) is 9.69. The van der Waals surface area contributed by atoms with Crippen LogP contribution < -0.4 is 0 Å². The van der Waals surface area contributed by atoms with Gasteiger partial charge < -0.3 is 4.43 Å². The van der Waals surface area contributed by atoms with E-state index in [1.807, 2.05) is 85.2 Å². The topological polar surface area (TPSA) is 12.5 Å². The molecule has 0 bridgehead atoms. The molecular formula is C22H28F3NOSi. The molecule has 0 saturated heterocycles. The first-order valence-corrected chi connectivity index (χ1v) is 13.1. The molecule has 0 amide bonds. The Balaban J connectivity index is 1.93. The van der Waals surface area contributed by atoms with Gasteiger partial charge in [-0.15, -0.1) is 0 Å². The van der Waals surface area contributed by atoms with Crippen molar-refractivity contribution in [2.45, 2.75) is 63.4 Å². The number of halogens is 3. The van der Waals surface area contributed by atoms with Gasteiger partial charge in [0.15, 0.2) is 13.9 Å². The molecule has 1 aliphatic carbocycles. The normalized spacial score (nSPS) is 22.9. The number of hydrogen-bond donors (Lipinski definition) is 0. The Morgan fingerprint density at radius 2 is 1.39 bits per heavy atom. The van der Waals surface area contributed by atoms with Gasteiger partial charge in [-0.3, -0.25) is 4.90 Å². The Morgan fingerprint density at radius 3 is 1.71 bits per heavy atom. The van der Waals surface area contributed by atoms with Crippen molar-refractivity contribution in [1.82, 2.24) is 4.90 Å². The van der Waals surface area contributed by atoms with Gasteiger partial charge >= 0.3 is 6.18 Å². The third kappa shape index (κ3) is 4.67. The van der Waals surface area contributed by atoms with Gasteiger partial charge in [-0.05, 0) is 43.6 Å². The lowest BCUT2D eigenvalue weighted by atomic mass is 9.73. The molecule has 0 aromatic heterocycles. The molecule has 0 radical (unpaired) electrons. The zero-order chi connectivity index (χ0) is 20.4. The van der Waals surface area contributed by atoms with Gasteiger partial charge in [0, 0.05) is 19.1 Å². The van der Waals surface area contributed by atoms with Gasteiger partial charge in [0.1, 0.15) is 0 Å². The van der Waals surface area contributed by atoms with E-state index in [1.54, 1.807) is 0 Å². The van der Waals surface area contributed by atoms with Crippen LogP contribution >= 0.6 is 0 Å². The predicted molar refractivity (Wildman–Crippen MR) is 108 cm³/mol. The van der Waals surface area contributed by atoms with Crippen LogP contribution in [0.1, 0.15) is 24.0 Å². The van der Waals surface area contributed by atoms with Crippen molar-refractivity contribution >= 4 is 8.32 Å². The second-order valence-electron chi connectivity index (χ2n) is 8.53. The minimum Gasteiger partial charge on any atom is -0.403 e. The predicted octanol–water partition coefficient (Wildman–Crippen LogP) is 6.00. The van der Waals surface area contributed by atoms with Crippen LogP contribution in [0.2, 0.25) is 19.6 Å². The highest BCUT2D eigenvalue weighted by Gasteiger charge is 2.67. The highest BCUT2D eigenvalue weighted by Crippen LogP contribution is 2.52. The van der Waals surface area contributed by atoms with E-state index in [2.05, 4.69) is 0 Å². The van der Waals surface area contributed by atoms with E-state index in [0.29, 0.717) is 19.5 Å². The zero-order valence-electron chi connectivity index (χ0n) is 16.7. The summed E-state index contributed by atoms with van der Waals surface area (Å²) in [5, 5.41) is 0. The van der Waals surface area contributed by atoms with Gasteiger partial charge in [0.05, 0.1) is 0 Å². The fourth-order valence-electron chi connectivity index (χ4n) is 3.98. The largest absolute Gasteiger partial charge is 0.417 e. The summed E-state index contributed by atoms with van der Waals surface area (Å²) in [7, 11) is -2.39. The summed E-state index contributed by atoms with van der Waals surface area (Å²) < 4.78 is 48.6. The maximum Gasteiger partial charge on any atom is 0.417 e. The summed E-state index contributed by atoms with van der Waals surface area (Å²) in [5.41, 5.74) is -0.0510. The Morgan fingerprint density at radius 1 is 0.929 bits per heavy atom. The smallest absolute Gasteiger partial charge is 0.403 e. The summed E-state index contributed by atoms with van der Waals surface area (Å²) in [6, 6.07) is 18.7. The molecule has 2 nitrogen and oxygen atoms in total. The molecule has 0 N–H and O–H groups in total. The van der Waals surface area contributed by atoms with Crippen molar-refractivity contribution in [3.05, 3.63) is 71.8 Å². The minimum absolute atomic E-state index is 0.0333. The van der Waals surface area contributed by atoms with E-state index in [4.69, 9.17) is 4.43 Å². The molecule has 0 spiro atoms. The molecule has 28 heavy (non-hydrogen) atoms. The second-order valence-corrected chi connectivity index (χ2v) is 13.0. The van der Waals surface area contributed by atoms with E-state index in [-0.39, 0.29) is 6.42 Å². The molecule has 1 fully saturated rings. The molecule has 2 atom stereocenters. The highest BCUT2D eigenvalue weighted by atomic mass is 28.4. The molecule has 1 saturated carbocycles. The number of alkyl halides is 3. The molecule has 0 aliphatic heterocycles. The SMILES string of the molecule is C[Si](C)(C)O[C@@]1(C(F)(F)F)CC[C@@H]1N(Cc1ccccc1)Cc1ccccc1. The zero-order valence-corrected chi connectivity index (χ0v) is 17.7. The molecular weight excluding hydrogens is 379 g/mol. The molecule has 2 aromatic rings. The number of benzene rings is 2. The van der Waals surface area contributed by atoms with E-state index in [9.17, 15) is 13.2 Å². The van der Waals surface area contributed by atoms with Gasteiger partial charge in [-0.25, -0.2) is 0 Å². The maximum absolute atomic E-state index is 14.2. The van der Waals surface area contributed by atoms with Crippen LogP contribution in [0.4, 0.5) is 13.2 Å². The van der Waals surface area contributed by atoms with Gasteiger partial charge in [0.25, 0.3) is 0 Å². The average molecular weight is 408 g/mol. The number of rotatable bonds is 7. The van der Waals surface area contributed by atoms with Crippen LogP contribution in [0, 0.1) is 0 Å². The molecule has 3 rings (SSSR count). The summed E-state index contributed by atoms with van der Waals surface area (Å²) in [5.74, 6) is 0. The number of nitrogens with zero attached hydrogens (tertiary/aromatic N) is 1. The van der Waals surface area contributed by atoms with E-state index >= 15 is 0 Å². The maximum atomic E-state index is 14.2. The lowest BCUT2D eigenvalue weighted by molar-refractivity contribution is -0.304. The molecule has 0 unspecified atom stereocenters. The first-order chi connectivity index (χ1) is 13.1. The molecule has 1 aliphatic rings. The highest BCUT2D eigenvalue weighted by molar-refractivity contribution is 6.69. The van der Waals surface area contributed by atoms with E-state index in [1.165, 1.54) is 0 Å². The van der Waals surface area contributed by atoms with Crippen LogP contribution in [0.3, 0.4) is 0 Å². The first kappa shape index (κ1) is 21.1. The Labute approximate surface area is 166 Å². The van der Waals surface area contributed by atoms with Crippen LogP contribution in [0.5, 0.6) is 0 Å². The summed E-state index contributed by atoms with van der Waals surface area (Å²) in [4.78, 5) is 1.95. The van der Waals surface area contributed by atoms with Crippen molar-refractivity contribution < 1.29 is 17.6 Å². The quantitative estimate of drug-likeness (QED) is 0.522. The van der Waals surface area contributed by atoms with E-state index < -0.39 is 26.1 Å². The minimum atomic E-state index is -4.39. The summed E-state index contributed by atoms with van der Waals surface area (Å²) in [6.07, 6.45) is -3.86. The van der Waals surface area contributed by atoms with Gasteiger partial charge in [0.2, 0.25) is 0 Å². The second kappa shape index (κ2) is 8.01. The lowest BCUT2D eigenvalue weighted by Gasteiger charge is -2.56. The lowest BCUT2D eigenvalue weighted by Crippen LogP contribution is -2.70. The van der Waals surface area contributed by atoms with E-state index in [0.717, 1.165) is 11.1 Å². The van der Waals surface area contributed by atoms with Crippen molar-refractivity contribution in [2.75, 3.05) is 0 Å². The summed E-state index contributed by atoms with van der Waals surface area (Å²) >= 11 is 0. The van der Waals surface area contributed by atoms with Crippen molar-refractivity contribution in [2.24, 2.45) is 0 Å². The van der Waals surface area contributed by atoms with Gasteiger partial charge in [-0.2, -0.15) is 13.2 Å². The molecule has 0 heterocycles. The van der Waals surface area contributed by atoms with Crippen LogP contribution in [0.15, 0.2) is 60.7 Å². The summed E-state index contributed by atoms with van der Waals surface area (Å²) in [6.45, 7) is 6.42. The number of hydrogen-bond acceptors (Lipinski definition) is 2. The van der Waals surface area contributed by atoms with Crippen molar-refractivity contribution in [3.63, 3.8) is 0 Å². The van der Waals surface area contributed by atoms with Crippen molar-refractivity contribution in [3.8, 4) is 0 Å². The van der Waals surface area contributed by atoms with Gasteiger partial charge in [-0.1, -0.05) is 60.7 Å². The van der Waals surface area contributed by atoms with Crippen LogP contribution in [-0.2, 0) is 17.5 Å². The third-order valence-corrected chi connectivity index (χ3v) is 6.17. The van der Waals surface area contributed by atoms with Crippen LogP contribution in [-0.4, -0.2) is 31.0 Å². The Kier molecular flexibility index (Phi) is 6.03. The average Bonchev–Trinajstić information content (AvgIpc) is 2.58. The standard InChI is InChI=1S/C22H28F3NOSi/c1-28(2,3)27-21(22(23,24)25)15-14-20(21)26(16-18-10-6-4-7-11-18)17-19-12-8-5-9-13-19/h4-13,20H,14-17H2,1-3H3/t20-,21-/m0/s1. The molecule has 2 aromatic carbocycles. The third-order valence-electron chi connectivity index (χ3n) is 5.19. The Bertz CT molecular complexity index is 719. The fraction of sp³-hybridized carbons (Fsp3) is 0.455. The van der Waals surface area contributed by atoms with Crippen LogP contribution in [0.25, 0.3) is 0 Å². The Hall–Kier alpha value is -1.63. The van der Waals surface area contributed by atoms with Crippen molar-refractivity contribution in [1.29, 1.82) is 0 Å². The fourth-order valence-corrected chi connectivity index (χ4v) is 5.43. The molecule has 152 valence electrons. The monoisotopic (exact) mass is 407 g/mol. The molecule has 6 heteroatoms.